The molecule has 3 rings (SSSR count). The van der Waals surface area contributed by atoms with E-state index in [1.807, 2.05) is 16.8 Å². The van der Waals surface area contributed by atoms with Crippen LogP contribution in [-0.2, 0) is 11.2 Å². The van der Waals surface area contributed by atoms with E-state index in [1.54, 1.807) is 11.3 Å². The van der Waals surface area contributed by atoms with Gasteiger partial charge in [-0.1, -0.05) is 41.9 Å². The van der Waals surface area contributed by atoms with Crippen molar-refractivity contribution in [1.29, 1.82) is 0 Å². The van der Waals surface area contributed by atoms with Gasteiger partial charge in [0.05, 0.1) is 6.04 Å². The number of nitrogens with zero attached hydrogens (tertiary/aromatic N) is 2. The molecular formula is C19H21N3O2S. The Balaban J connectivity index is 1.54. The first-order chi connectivity index (χ1) is 12.2. The van der Waals surface area contributed by atoms with Gasteiger partial charge in [0.2, 0.25) is 17.6 Å². The Morgan fingerprint density at radius 3 is 2.76 bits per heavy atom. The van der Waals surface area contributed by atoms with Crippen LogP contribution in [0.3, 0.4) is 0 Å². The van der Waals surface area contributed by atoms with Gasteiger partial charge in [-0.25, -0.2) is 0 Å². The molecule has 0 aliphatic rings. The molecule has 130 valence electrons. The number of nitrogens with one attached hydrogen (secondary N) is 1. The van der Waals surface area contributed by atoms with Gasteiger partial charge in [0.15, 0.2) is 0 Å². The molecule has 25 heavy (non-hydrogen) atoms. The summed E-state index contributed by atoms with van der Waals surface area (Å²) in [4.78, 5) is 16.6. The van der Waals surface area contributed by atoms with Crippen molar-refractivity contribution in [3.05, 3.63) is 58.1 Å². The van der Waals surface area contributed by atoms with Gasteiger partial charge in [-0.05, 0) is 30.4 Å². The molecule has 5 nitrogen and oxygen atoms in total. The lowest BCUT2D eigenvalue weighted by Crippen LogP contribution is -2.28. The highest BCUT2D eigenvalue weighted by atomic mass is 32.1. The number of amides is 1. The number of carbonyl (C=O) groups excluding carboxylic acids is 1. The van der Waals surface area contributed by atoms with Gasteiger partial charge >= 0.3 is 0 Å². The summed E-state index contributed by atoms with van der Waals surface area (Å²) in [5, 5.41) is 11.0. The molecule has 0 bridgehead atoms. The van der Waals surface area contributed by atoms with Crippen LogP contribution in [0.4, 0.5) is 0 Å². The first-order valence-electron chi connectivity index (χ1n) is 8.36. The van der Waals surface area contributed by atoms with Crippen LogP contribution in [0.2, 0.25) is 0 Å². The SMILES string of the molecule is CCC(NC(=O)CCc1nc(-c2ccsc2)no1)c1ccc(C)cc1. The number of thiophene rings is 1. The van der Waals surface area contributed by atoms with Crippen molar-refractivity contribution >= 4 is 17.2 Å². The number of aromatic nitrogens is 2. The molecule has 1 amide bonds. The molecule has 0 aliphatic heterocycles. The minimum atomic E-state index is -0.0114. The predicted molar refractivity (Wildman–Crippen MR) is 98.3 cm³/mol. The van der Waals surface area contributed by atoms with Crippen LogP contribution in [-0.4, -0.2) is 16.0 Å². The van der Waals surface area contributed by atoms with E-state index in [-0.39, 0.29) is 11.9 Å². The second kappa shape index (κ2) is 8.07. The topological polar surface area (TPSA) is 68.0 Å². The van der Waals surface area contributed by atoms with Gasteiger partial charge in [-0.3, -0.25) is 4.79 Å². The number of rotatable bonds is 7. The summed E-state index contributed by atoms with van der Waals surface area (Å²) in [5.41, 5.74) is 3.27. The van der Waals surface area contributed by atoms with E-state index in [0.717, 1.165) is 17.5 Å². The molecule has 0 aliphatic carbocycles. The quantitative estimate of drug-likeness (QED) is 0.686. The van der Waals surface area contributed by atoms with Crippen LogP contribution >= 0.6 is 11.3 Å². The Bertz CT molecular complexity index is 810. The monoisotopic (exact) mass is 355 g/mol. The zero-order valence-corrected chi connectivity index (χ0v) is 15.2. The molecule has 1 N–H and O–H groups in total. The molecule has 1 aromatic carbocycles. The lowest BCUT2D eigenvalue weighted by atomic mass is 10.0. The Kier molecular flexibility index (Phi) is 5.60. The molecule has 6 heteroatoms. The van der Waals surface area contributed by atoms with Crippen molar-refractivity contribution < 1.29 is 9.32 Å². The minimum absolute atomic E-state index is 0.0114. The molecular weight excluding hydrogens is 334 g/mol. The van der Waals surface area contributed by atoms with Crippen LogP contribution in [0.5, 0.6) is 0 Å². The summed E-state index contributed by atoms with van der Waals surface area (Å²) in [6, 6.07) is 10.2. The Labute approximate surface area is 151 Å². The van der Waals surface area contributed by atoms with Crippen molar-refractivity contribution in [2.45, 2.75) is 39.2 Å². The predicted octanol–water partition coefficient (Wildman–Crippen LogP) is 4.31. The Hall–Kier alpha value is -2.47. The third kappa shape index (κ3) is 4.54. The smallest absolute Gasteiger partial charge is 0.227 e. The number of benzene rings is 1. The zero-order chi connectivity index (χ0) is 17.6. The number of carbonyl (C=O) groups is 1. The highest BCUT2D eigenvalue weighted by Gasteiger charge is 2.15. The van der Waals surface area contributed by atoms with Gasteiger partial charge in [-0.15, -0.1) is 0 Å². The van der Waals surface area contributed by atoms with Gasteiger partial charge in [0.25, 0.3) is 0 Å². The lowest BCUT2D eigenvalue weighted by Gasteiger charge is -2.17. The summed E-state index contributed by atoms with van der Waals surface area (Å²) < 4.78 is 5.23. The summed E-state index contributed by atoms with van der Waals surface area (Å²) in [5.74, 6) is 1.05. The maximum atomic E-state index is 12.3. The molecule has 1 unspecified atom stereocenters. The highest BCUT2D eigenvalue weighted by molar-refractivity contribution is 7.08. The van der Waals surface area contributed by atoms with Gasteiger partial charge in [-0.2, -0.15) is 16.3 Å². The first kappa shape index (κ1) is 17.4. The fourth-order valence-electron chi connectivity index (χ4n) is 2.57. The van der Waals surface area contributed by atoms with Crippen LogP contribution in [0.25, 0.3) is 11.4 Å². The van der Waals surface area contributed by atoms with Gasteiger partial charge < -0.3 is 9.84 Å². The second-order valence-corrected chi connectivity index (χ2v) is 6.74. The number of aryl methyl sites for hydroxylation is 2. The Morgan fingerprint density at radius 1 is 1.28 bits per heavy atom. The standard InChI is InChI=1S/C19H21N3O2S/c1-3-16(14-6-4-13(2)5-7-14)20-17(23)8-9-18-21-19(22-24-18)15-10-11-25-12-15/h4-7,10-12,16H,3,8-9H2,1-2H3,(H,20,23). The average Bonchev–Trinajstić information content (AvgIpc) is 3.30. The maximum absolute atomic E-state index is 12.3. The van der Waals surface area contributed by atoms with E-state index in [1.165, 1.54) is 5.56 Å². The van der Waals surface area contributed by atoms with E-state index >= 15 is 0 Å². The van der Waals surface area contributed by atoms with Crippen molar-refractivity contribution in [3.63, 3.8) is 0 Å². The van der Waals surface area contributed by atoms with Gasteiger partial charge in [0, 0.05) is 23.8 Å². The largest absolute Gasteiger partial charge is 0.349 e. The van der Waals surface area contributed by atoms with Crippen LogP contribution in [0, 0.1) is 6.92 Å². The van der Waals surface area contributed by atoms with E-state index in [4.69, 9.17) is 4.52 Å². The molecule has 0 spiro atoms. The number of hydrogen-bond acceptors (Lipinski definition) is 5. The molecule has 0 saturated heterocycles. The summed E-state index contributed by atoms with van der Waals surface area (Å²) >= 11 is 1.58. The van der Waals surface area contributed by atoms with Crippen molar-refractivity contribution in [3.8, 4) is 11.4 Å². The molecule has 0 radical (unpaired) electrons. The molecule has 0 fully saturated rings. The van der Waals surface area contributed by atoms with E-state index in [2.05, 4.69) is 53.6 Å². The van der Waals surface area contributed by atoms with Crippen LogP contribution < -0.4 is 5.32 Å². The molecule has 0 saturated carbocycles. The van der Waals surface area contributed by atoms with E-state index in [9.17, 15) is 4.79 Å². The lowest BCUT2D eigenvalue weighted by molar-refractivity contribution is -0.121. The van der Waals surface area contributed by atoms with Crippen LogP contribution in [0.1, 0.15) is 42.8 Å². The van der Waals surface area contributed by atoms with Crippen LogP contribution in [0.15, 0.2) is 45.6 Å². The van der Waals surface area contributed by atoms with Gasteiger partial charge in [0.1, 0.15) is 0 Å². The first-order valence-corrected chi connectivity index (χ1v) is 9.31. The van der Waals surface area contributed by atoms with Crippen molar-refractivity contribution in [2.24, 2.45) is 0 Å². The van der Waals surface area contributed by atoms with E-state index < -0.39 is 0 Å². The highest BCUT2D eigenvalue weighted by Crippen LogP contribution is 2.20. The summed E-state index contributed by atoms with van der Waals surface area (Å²) in [6.45, 7) is 4.12. The third-order valence-electron chi connectivity index (χ3n) is 4.04. The average molecular weight is 355 g/mol. The summed E-state index contributed by atoms with van der Waals surface area (Å²) in [7, 11) is 0. The number of hydrogen-bond donors (Lipinski definition) is 1. The van der Waals surface area contributed by atoms with Crippen molar-refractivity contribution in [2.75, 3.05) is 0 Å². The second-order valence-electron chi connectivity index (χ2n) is 5.96. The normalized spacial score (nSPS) is 12.1. The fourth-order valence-corrected chi connectivity index (χ4v) is 3.21. The van der Waals surface area contributed by atoms with Crippen molar-refractivity contribution in [1.82, 2.24) is 15.5 Å². The maximum Gasteiger partial charge on any atom is 0.227 e. The summed E-state index contributed by atoms with van der Waals surface area (Å²) in [6.07, 6.45) is 1.61. The molecule has 1 atom stereocenters. The zero-order valence-electron chi connectivity index (χ0n) is 14.4. The molecule has 3 aromatic rings. The molecule has 2 heterocycles. The fraction of sp³-hybridized carbons (Fsp3) is 0.316. The Morgan fingerprint density at radius 2 is 2.08 bits per heavy atom. The molecule has 2 aromatic heterocycles. The van der Waals surface area contributed by atoms with E-state index in [0.29, 0.717) is 24.6 Å². The minimum Gasteiger partial charge on any atom is -0.349 e. The third-order valence-corrected chi connectivity index (χ3v) is 4.72.